The fourth-order valence-corrected chi connectivity index (χ4v) is 4.64. The minimum Gasteiger partial charge on any atom is -0.496 e. The van der Waals surface area contributed by atoms with E-state index in [1.165, 1.54) is 33.1 Å². The fraction of sp³-hybridized carbons (Fsp3) is 0.344. The minimum absolute atomic E-state index is 0.110. The Morgan fingerprint density at radius 3 is 2.35 bits per heavy atom. The molecule has 0 radical (unpaired) electrons. The first-order valence-electron chi connectivity index (χ1n) is 13.5. The smallest absolute Gasteiger partial charge is 0.408 e. The van der Waals surface area contributed by atoms with E-state index in [4.69, 9.17) is 20.2 Å². The van der Waals surface area contributed by atoms with Crippen molar-refractivity contribution in [2.24, 2.45) is 7.05 Å². The van der Waals surface area contributed by atoms with Gasteiger partial charge < -0.3 is 25.6 Å². The number of pyridine rings is 1. The monoisotopic (exact) mass is 591 g/mol. The summed E-state index contributed by atoms with van der Waals surface area (Å²) in [6.45, 7) is 8.46. The number of rotatable bonds is 6. The van der Waals surface area contributed by atoms with Crippen LogP contribution < -0.4 is 15.8 Å². The molecule has 1 amide bonds. The van der Waals surface area contributed by atoms with Crippen molar-refractivity contribution < 1.29 is 28.2 Å². The lowest BCUT2D eigenvalue weighted by molar-refractivity contribution is 0.0891. The molecule has 4 rings (SSSR count). The summed E-state index contributed by atoms with van der Waals surface area (Å²) in [6.07, 6.45) is -1.98. The molecule has 0 saturated heterocycles. The van der Waals surface area contributed by atoms with Crippen LogP contribution in [-0.2, 0) is 18.2 Å². The molecule has 43 heavy (non-hydrogen) atoms. The lowest BCUT2D eigenvalue weighted by Gasteiger charge is -2.25. The number of amides is 1. The van der Waals surface area contributed by atoms with Crippen LogP contribution in [0.25, 0.3) is 22.0 Å². The number of aliphatic hydroxyl groups is 1. The molecule has 0 bridgehead atoms. The van der Waals surface area contributed by atoms with Crippen molar-refractivity contribution in [3.63, 3.8) is 0 Å². The minimum atomic E-state index is -1.30. The molecule has 4 aromatic rings. The number of aryl methyl sites for hydroxylation is 1. The molecule has 0 saturated carbocycles. The first-order chi connectivity index (χ1) is 20.0. The molecule has 11 heteroatoms. The number of hydrogen-bond acceptors (Lipinski definition) is 7. The van der Waals surface area contributed by atoms with Crippen LogP contribution in [0.2, 0.25) is 0 Å². The second-order valence-electron chi connectivity index (χ2n) is 11.7. The number of carbonyl (C=O) groups is 1. The number of carbonyl (C=O) groups excluding carboxylic acids is 1. The van der Waals surface area contributed by atoms with Crippen LogP contribution in [-0.4, -0.2) is 44.2 Å². The van der Waals surface area contributed by atoms with Gasteiger partial charge in [0.2, 0.25) is 0 Å². The van der Waals surface area contributed by atoms with Gasteiger partial charge in [0.05, 0.1) is 23.7 Å². The number of aromatic nitrogens is 3. The van der Waals surface area contributed by atoms with Crippen molar-refractivity contribution in [2.75, 3.05) is 12.8 Å². The van der Waals surface area contributed by atoms with Crippen molar-refractivity contribution >= 4 is 22.8 Å². The Balaban J connectivity index is 1.99. The molecule has 0 aliphatic carbocycles. The molecule has 9 nitrogen and oxygen atoms in total. The Morgan fingerprint density at radius 1 is 1.09 bits per heavy atom. The number of benzene rings is 2. The van der Waals surface area contributed by atoms with Gasteiger partial charge in [-0.2, -0.15) is 5.10 Å². The molecule has 0 spiro atoms. The van der Waals surface area contributed by atoms with Gasteiger partial charge in [-0.25, -0.2) is 18.6 Å². The molecule has 4 N–H and O–H groups in total. The molecule has 0 aliphatic heterocycles. The number of nitrogens with zero attached hydrogens (tertiary/aromatic N) is 3. The number of hydrogen-bond donors (Lipinski definition) is 3. The number of nitrogens with two attached hydrogens (primary N) is 1. The van der Waals surface area contributed by atoms with E-state index >= 15 is 0 Å². The summed E-state index contributed by atoms with van der Waals surface area (Å²) in [5.74, 6) is 4.82. The normalized spacial score (nSPS) is 12.4. The Kier molecular flexibility index (Phi) is 8.64. The maximum absolute atomic E-state index is 14.2. The molecule has 1 atom stereocenters. The summed E-state index contributed by atoms with van der Waals surface area (Å²) in [4.78, 5) is 17.9. The molecule has 2 aromatic heterocycles. The van der Waals surface area contributed by atoms with Gasteiger partial charge in [0.25, 0.3) is 0 Å². The van der Waals surface area contributed by atoms with Gasteiger partial charge in [-0.3, -0.25) is 4.68 Å². The van der Waals surface area contributed by atoms with E-state index < -0.39 is 35.0 Å². The molecule has 2 aromatic carbocycles. The zero-order valence-electron chi connectivity index (χ0n) is 25.2. The van der Waals surface area contributed by atoms with E-state index in [2.05, 4.69) is 22.3 Å². The van der Waals surface area contributed by atoms with Gasteiger partial charge in [-0.1, -0.05) is 5.92 Å². The fourth-order valence-electron chi connectivity index (χ4n) is 4.64. The topological polar surface area (TPSA) is 125 Å². The van der Waals surface area contributed by atoms with Crippen LogP contribution in [0.15, 0.2) is 42.5 Å². The van der Waals surface area contributed by atoms with Crippen molar-refractivity contribution in [3.8, 4) is 28.7 Å². The second-order valence-corrected chi connectivity index (χ2v) is 11.7. The predicted octanol–water partition coefficient (Wildman–Crippen LogP) is 5.44. The van der Waals surface area contributed by atoms with Crippen LogP contribution in [0.1, 0.15) is 57.7 Å². The van der Waals surface area contributed by atoms with E-state index in [0.29, 0.717) is 27.8 Å². The standard InChI is InChI=1S/C32H35F2N5O4/c1-31(2,3)37-30(40)43-25(16-18-14-19(33)17-20(34)15-18)27-22(9-8-21(36-27)12-13-32(4,5)41)23-10-11-24(42-7)26-28(23)39(6)38-29(26)35/h8-11,14-15,17,25,41H,16H2,1-7H3,(H2,35,38)(H,37,40)/t25-/m0/s1. The van der Waals surface area contributed by atoms with Crippen LogP contribution in [0.3, 0.4) is 0 Å². The van der Waals surface area contributed by atoms with Crippen molar-refractivity contribution in [1.82, 2.24) is 20.1 Å². The summed E-state index contributed by atoms with van der Waals surface area (Å²) in [5.41, 5.74) is 6.92. The highest BCUT2D eigenvalue weighted by Crippen LogP contribution is 2.40. The Morgan fingerprint density at radius 2 is 1.74 bits per heavy atom. The van der Waals surface area contributed by atoms with Crippen LogP contribution in [0.5, 0.6) is 5.75 Å². The molecule has 0 aliphatic rings. The number of anilines is 1. The second kappa shape index (κ2) is 11.9. The molecule has 0 fully saturated rings. The predicted molar refractivity (Wildman–Crippen MR) is 160 cm³/mol. The van der Waals surface area contributed by atoms with E-state index in [-0.39, 0.29) is 29.2 Å². The van der Waals surface area contributed by atoms with E-state index in [1.807, 2.05) is 0 Å². The zero-order valence-corrected chi connectivity index (χ0v) is 25.2. The lowest BCUT2D eigenvalue weighted by Crippen LogP contribution is -2.41. The van der Waals surface area contributed by atoms with Gasteiger partial charge in [0.1, 0.15) is 28.7 Å². The van der Waals surface area contributed by atoms with Crippen molar-refractivity contribution in [2.45, 2.75) is 58.3 Å². The van der Waals surface area contributed by atoms with Gasteiger partial charge in [-0.05, 0) is 82.5 Å². The quantitative estimate of drug-likeness (QED) is 0.255. The third-order valence-corrected chi connectivity index (χ3v) is 6.28. The SMILES string of the molecule is COc1ccc(-c2ccc(C#CC(C)(C)O)nc2[C@H](Cc2cc(F)cc(F)c2)OC(=O)NC(C)(C)C)c2c1c(N)nn2C. The molecular formula is C32H35F2N5O4. The molecule has 2 heterocycles. The number of methoxy groups -OCH3 is 1. The Hall–Kier alpha value is -4.69. The summed E-state index contributed by atoms with van der Waals surface area (Å²) >= 11 is 0. The third-order valence-electron chi connectivity index (χ3n) is 6.28. The van der Waals surface area contributed by atoms with Gasteiger partial charge in [-0.15, -0.1) is 0 Å². The van der Waals surface area contributed by atoms with Gasteiger partial charge in [0, 0.05) is 36.2 Å². The molecule has 226 valence electrons. The summed E-state index contributed by atoms with van der Waals surface area (Å²) < 4.78 is 41.5. The number of nitrogen functional groups attached to an aromatic ring is 1. The average Bonchev–Trinajstić information content (AvgIpc) is 3.18. The maximum atomic E-state index is 14.2. The van der Waals surface area contributed by atoms with Gasteiger partial charge in [0.15, 0.2) is 11.9 Å². The highest BCUT2D eigenvalue weighted by molar-refractivity contribution is 6.03. The largest absolute Gasteiger partial charge is 0.496 e. The number of ether oxygens (including phenoxy) is 2. The van der Waals surface area contributed by atoms with E-state index in [1.54, 1.807) is 56.8 Å². The van der Waals surface area contributed by atoms with E-state index in [9.17, 15) is 18.7 Å². The van der Waals surface area contributed by atoms with E-state index in [0.717, 1.165) is 6.07 Å². The third kappa shape index (κ3) is 7.59. The summed E-state index contributed by atoms with van der Waals surface area (Å²) in [5, 5.41) is 17.9. The number of halogens is 2. The first kappa shape index (κ1) is 31.3. The summed E-state index contributed by atoms with van der Waals surface area (Å²) in [6, 6.07) is 10.1. The average molecular weight is 592 g/mol. The lowest BCUT2D eigenvalue weighted by atomic mass is 9.95. The summed E-state index contributed by atoms with van der Waals surface area (Å²) in [7, 11) is 3.26. The number of nitrogens with one attached hydrogen (secondary N) is 1. The maximum Gasteiger partial charge on any atom is 0.408 e. The van der Waals surface area contributed by atoms with Crippen LogP contribution in [0, 0.1) is 23.5 Å². The highest BCUT2D eigenvalue weighted by Gasteiger charge is 2.28. The number of alkyl carbamates (subject to hydrolysis) is 1. The van der Waals surface area contributed by atoms with Crippen LogP contribution >= 0.6 is 0 Å². The Bertz CT molecular complexity index is 1720. The first-order valence-corrected chi connectivity index (χ1v) is 13.5. The van der Waals surface area contributed by atoms with Crippen LogP contribution in [0.4, 0.5) is 19.4 Å². The molecule has 0 unspecified atom stereocenters. The van der Waals surface area contributed by atoms with Crippen molar-refractivity contribution in [1.29, 1.82) is 0 Å². The molecular weight excluding hydrogens is 556 g/mol. The highest BCUT2D eigenvalue weighted by atomic mass is 19.1. The zero-order chi connectivity index (χ0) is 31.7. The Labute approximate surface area is 249 Å². The van der Waals surface area contributed by atoms with Gasteiger partial charge >= 0.3 is 6.09 Å². The number of fused-ring (bicyclic) bond motifs is 1. The van der Waals surface area contributed by atoms with Crippen molar-refractivity contribution in [3.05, 3.63) is 71.1 Å².